The van der Waals surface area contributed by atoms with E-state index in [-0.39, 0.29) is 10.3 Å². The van der Waals surface area contributed by atoms with E-state index in [0.29, 0.717) is 12.3 Å². The number of ether oxygens (including phenoxy) is 1. The molecule has 21 heavy (non-hydrogen) atoms. The van der Waals surface area contributed by atoms with Crippen molar-refractivity contribution in [1.82, 2.24) is 14.9 Å². The summed E-state index contributed by atoms with van der Waals surface area (Å²) in [6.45, 7) is 4.30. The van der Waals surface area contributed by atoms with E-state index in [9.17, 15) is 4.79 Å². The average molecular weight is 304 g/mol. The Morgan fingerprint density at radius 3 is 3.10 bits per heavy atom. The van der Waals surface area contributed by atoms with Gasteiger partial charge in [-0.1, -0.05) is 19.1 Å². The van der Waals surface area contributed by atoms with Crippen LogP contribution in [0, 0.1) is 11.7 Å². The van der Waals surface area contributed by atoms with Crippen LogP contribution in [0.3, 0.4) is 0 Å². The van der Waals surface area contributed by atoms with Crippen LogP contribution in [0.15, 0.2) is 34.2 Å². The zero-order valence-electron chi connectivity index (χ0n) is 11.9. The Bertz CT molecular complexity index is 764. The summed E-state index contributed by atoms with van der Waals surface area (Å²) >= 11 is 5.00. The molecule has 0 atom stereocenters. The van der Waals surface area contributed by atoms with Gasteiger partial charge in [0, 0.05) is 0 Å². The Balaban J connectivity index is 2.28. The minimum Gasteiger partial charge on any atom is -0.494 e. The summed E-state index contributed by atoms with van der Waals surface area (Å²) in [5, 5.41) is 10.5. The second kappa shape index (κ2) is 6.94. The summed E-state index contributed by atoms with van der Waals surface area (Å²) in [5.74, 6) is 0.768. The van der Waals surface area contributed by atoms with Crippen molar-refractivity contribution >= 4 is 18.4 Å². The lowest BCUT2D eigenvalue weighted by Gasteiger charge is -2.04. The number of hydrogen-bond acceptors (Lipinski definition) is 5. The fraction of sp³-hybridized carbons (Fsp3) is 0.286. The summed E-state index contributed by atoms with van der Waals surface area (Å²) in [4.78, 5) is 11.9. The number of rotatable bonds is 5. The Labute approximate surface area is 127 Å². The molecule has 0 saturated heterocycles. The summed E-state index contributed by atoms with van der Waals surface area (Å²) in [7, 11) is 0. The number of nitrogens with zero attached hydrogens (tertiary/aromatic N) is 3. The maximum atomic E-state index is 11.9. The van der Waals surface area contributed by atoms with Crippen molar-refractivity contribution in [2.24, 2.45) is 5.10 Å². The van der Waals surface area contributed by atoms with Crippen molar-refractivity contribution in [2.75, 3.05) is 6.61 Å². The topological polar surface area (TPSA) is 72.3 Å². The van der Waals surface area contributed by atoms with Crippen molar-refractivity contribution in [3.8, 4) is 5.75 Å². The highest BCUT2D eigenvalue weighted by Crippen LogP contribution is 2.12. The van der Waals surface area contributed by atoms with E-state index in [1.807, 2.05) is 31.2 Å². The standard InChI is InChI=1S/C14H16N4O2S/c1-3-7-20-12-6-4-5-11(8-12)9-15-18-13(19)10(2)16-17-14(18)21/h4-6,8-9H,3,7H2,1-2H3,(H,17,21)/b15-9+. The largest absolute Gasteiger partial charge is 0.494 e. The predicted octanol–water partition coefficient (Wildman–Crippen LogP) is 2.28. The number of benzene rings is 1. The molecule has 1 heterocycles. The van der Waals surface area contributed by atoms with Gasteiger partial charge >= 0.3 is 0 Å². The van der Waals surface area contributed by atoms with Gasteiger partial charge in [-0.05, 0) is 43.3 Å². The van der Waals surface area contributed by atoms with Crippen LogP contribution in [0.25, 0.3) is 0 Å². The molecule has 0 aliphatic rings. The molecule has 0 unspecified atom stereocenters. The van der Waals surface area contributed by atoms with Crippen molar-refractivity contribution in [3.63, 3.8) is 0 Å². The van der Waals surface area contributed by atoms with Gasteiger partial charge in [0.2, 0.25) is 4.77 Å². The molecular weight excluding hydrogens is 288 g/mol. The quantitative estimate of drug-likeness (QED) is 0.679. The van der Waals surface area contributed by atoms with Crippen LogP contribution in [0.5, 0.6) is 5.75 Å². The highest BCUT2D eigenvalue weighted by molar-refractivity contribution is 7.71. The molecule has 0 bridgehead atoms. The molecule has 0 aliphatic carbocycles. The van der Waals surface area contributed by atoms with Gasteiger partial charge in [0.25, 0.3) is 5.56 Å². The van der Waals surface area contributed by atoms with Crippen LogP contribution >= 0.6 is 12.2 Å². The molecule has 1 aromatic heterocycles. The Hall–Kier alpha value is -2.28. The first kappa shape index (κ1) is 15.1. The number of aromatic nitrogens is 3. The lowest BCUT2D eigenvalue weighted by molar-refractivity contribution is 0.317. The summed E-state index contributed by atoms with van der Waals surface area (Å²) in [6, 6.07) is 7.47. The van der Waals surface area contributed by atoms with Crippen LogP contribution < -0.4 is 10.3 Å². The lowest BCUT2D eigenvalue weighted by atomic mass is 10.2. The smallest absolute Gasteiger partial charge is 0.296 e. The predicted molar refractivity (Wildman–Crippen MR) is 83.6 cm³/mol. The highest BCUT2D eigenvalue weighted by Gasteiger charge is 2.01. The van der Waals surface area contributed by atoms with Crippen molar-refractivity contribution < 1.29 is 4.74 Å². The van der Waals surface area contributed by atoms with Gasteiger partial charge in [-0.3, -0.25) is 9.89 Å². The van der Waals surface area contributed by atoms with Gasteiger partial charge < -0.3 is 4.74 Å². The van der Waals surface area contributed by atoms with E-state index >= 15 is 0 Å². The third-order valence-electron chi connectivity index (χ3n) is 2.67. The van der Waals surface area contributed by atoms with Crippen LogP contribution in [-0.2, 0) is 0 Å². The van der Waals surface area contributed by atoms with Crippen LogP contribution in [0.2, 0.25) is 0 Å². The van der Waals surface area contributed by atoms with Crippen molar-refractivity contribution in [2.45, 2.75) is 20.3 Å². The number of H-pyrrole nitrogens is 1. The van der Waals surface area contributed by atoms with E-state index in [1.165, 1.54) is 0 Å². The molecule has 2 rings (SSSR count). The Morgan fingerprint density at radius 2 is 2.33 bits per heavy atom. The maximum Gasteiger partial charge on any atom is 0.296 e. The first-order valence-electron chi connectivity index (χ1n) is 6.57. The second-order valence-electron chi connectivity index (χ2n) is 4.40. The average Bonchev–Trinajstić information content (AvgIpc) is 2.49. The molecule has 0 fully saturated rings. The Kier molecular flexibility index (Phi) is 4.99. The van der Waals surface area contributed by atoms with E-state index in [2.05, 4.69) is 15.3 Å². The van der Waals surface area contributed by atoms with Gasteiger partial charge in [-0.25, -0.2) is 0 Å². The third-order valence-corrected chi connectivity index (χ3v) is 2.93. The van der Waals surface area contributed by atoms with Gasteiger partial charge in [-0.15, -0.1) is 0 Å². The van der Waals surface area contributed by atoms with E-state index in [4.69, 9.17) is 17.0 Å². The normalized spacial score (nSPS) is 11.0. The molecule has 1 N–H and O–H groups in total. The molecule has 1 aromatic carbocycles. The lowest BCUT2D eigenvalue weighted by Crippen LogP contribution is -2.22. The molecule has 0 spiro atoms. The molecular formula is C14H16N4O2S. The van der Waals surface area contributed by atoms with E-state index < -0.39 is 0 Å². The third kappa shape index (κ3) is 3.85. The molecule has 0 saturated carbocycles. The maximum absolute atomic E-state index is 11.9. The molecule has 2 aromatic rings. The number of aromatic amines is 1. The highest BCUT2D eigenvalue weighted by atomic mass is 32.1. The second-order valence-corrected chi connectivity index (χ2v) is 4.78. The zero-order chi connectivity index (χ0) is 15.2. The van der Waals surface area contributed by atoms with E-state index in [1.54, 1.807) is 13.1 Å². The van der Waals surface area contributed by atoms with Crippen LogP contribution in [0.4, 0.5) is 0 Å². The van der Waals surface area contributed by atoms with E-state index in [0.717, 1.165) is 22.4 Å². The summed E-state index contributed by atoms with van der Waals surface area (Å²) in [6.07, 6.45) is 2.50. The van der Waals surface area contributed by atoms with Crippen molar-refractivity contribution in [1.29, 1.82) is 0 Å². The summed E-state index contributed by atoms with van der Waals surface area (Å²) < 4.78 is 6.81. The first-order chi connectivity index (χ1) is 10.1. The fourth-order valence-corrected chi connectivity index (χ4v) is 1.78. The Morgan fingerprint density at radius 1 is 1.52 bits per heavy atom. The van der Waals surface area contributed by atoms with Gasteiger partial charge in [0.05, 0.1) is 12.8 Å². The number of hydrogen-bond donors (Lipinski definition) is 1. The fourth-order valence-electron chi connectivity index (χ4n) is 1.61. The number of nitrogens with one attached hydrogen (secondary N) is 1. The van der Waals surface area contributed by atoms with Gasteiger partial charge in [0.1, 0.15) is 11.4 Å². The first-order valence-corrected chi connectivity index (χ1v) is 6.98. The molecule has 6 nitrogen and oxygen atoms in total. The molecule has 0 aliphatic heterocycles. The number of aryl methyl sites for hydroxylation is 1. The van der Waals surface area contributed by atoms with Crippen molar-refractivity contribution in [3.05, 3.63) is 50.6 Å². The minimum absolute atomic E-state index is 0.153. The van der Waals surface area contributed by atoms with Gasteiger partial charge in [-0.2, -0.15) is 14.9 Å². The minimum atomic E-state index is -0.339. The SMILES string of the molecule is CCCOc1cccc(/C=N/n2c(=S)[nH]nc(C)c2=O)c1. The monoisotopic (exact) mass is 304 g/mol. The zero-order valence-corrected chi connectivity index (χ0v) is 12.7. The van der Waals surface area contributed by atoms with Crippen LogP contribution in [-0.4, -0.2) is 27.7 Å². The van der Waals surface area contributed by atoms with Crippen LogP contribution in [0.1, 0.15) is 24.6 Å². The summed E-state index contributed by atoms with van der Waals surface area (Å²) in [5.41, 5.74) is 0.786. The molecule has 110 valence electrons. The molecule has 0 amide bonds. The molecule has 0 radical (unpaired) electrons. The van der Waals surface area contributed by atoms with Gasteiger partial charge in [0.15, 0.2) is 0 Å². The molecule has 7 heteroatoms.